The first-order valence-electron chi connectivity index (χ1n) is 7.19. The zero-order chi connectivity index (χ0) is 15.2. The van der Waals surface area contributed by atoms with Crippen LogP contribution in [0.1, 0.15) is 23.3 Å². The quantitative estimate of drug-likeness (QED) is 0.609. The van der Waals surface area contributed by atoms with Crippen LogP contribution < -0.4 is 5.73 Å². The highest BCUT2D eigenvalue weighted by Gasteiger charge is 2.20. The highest BCUT2D eigenvalue weighted by molar-refractivity contribution is 7.09. The summed E-state index contributed by atoms with van der Waals surface area (Å²) < 4.78 is 0. The molecule has 0 saturated carbocycles. The molecule has 4 heteroatoms. The van der Waals surface area contributed by atoms with Crippen molar-refractivity contribution >= 4 is 17.2 Å². The van der Waals surface area contributed by atoms with Crippen molar-refractivity contribution in [2.75, 3.05) is 13.6 Å². The fourth-order valence-corrected chi connectivity index (χ4v) is 3.24. The summed E-state index contributed by atoms with van der Waals surface area (Å²) in [5, 5.41) is 9.99. The van der Waals surface area contributed by atoms with E-state index in [2.05, 4.69) is 36.4 Å². The number of thiophene rings is 1. The van der Waals surface area contributed by atoms with Gasteiger partial charge in [0.1, 0.15) is 0 Å². The zero-order valence-electron chi connectivity index (χ0n) is 12.6. The summed E-state index contributed by atoms with van der Waals surface area (Å²) in [6.07, 6.45) is 1.04. The Labute approximate surface area is 130 Å². The average molecular weight is 301 g/mol. The maximum atomic E-state index is 7.87. The monoisotopic (exact) mass is 301 g/mol. The molecule has 0 amide bonds. The third-order valence-corrected chi connectivity index (χ3v) is 4.78. The van der Waals surface area contributed by atoms with Crippen LogP contribution in [0.4, 0.5) is 0 Å². The molecule has 112 valence electrons. The molecule has 0 spiro atoms. The number of hydrogen-bond acceptors (Lipinski definition) is 3. The Morgan fingerprint density at radius 2 is 1.95 bits per heavy atom. The smallest absolute Gasteiger partial charge is 0.0995 e. The van der Waals surface area contributed by atoms with Crippen molar-refractivity contribution in [3.8, 4) is 0 Å². The number of nitrogens with two attached hydrogens (primary N) is 1. The van der Waals surface area contributed by atoms with E-state index in [1.165, 1.54) is 4.88 Å². The summed E-state index contributed by atoms with van der Waals surface area (Å²) in [4.78, 5) is 3.69. The van der Waals surface area contributed by atoms with Gasteiger partial charge >= 0.3 is 0 Å². The van der Waals surface area contributed by atoms with Crippen LogP contribution in [0.2, 0.25) is 0 Å². The van der Waals surface area contributed by atoms with E-state index >= 15 is 0 Å². The fourth-order valence-electron chi connectivity index (χ4n) is 2.41. The summed E-state index contributed by atoms with van der Waals surface area (Å²) in [5.74, 6) is 0.193. The van der Waals surface area contributed by atoms with E-state index in [0.717, 1.165) is 18.5 Å². The minimum atomic E-state index is -0.0398. The lowest BCUT2D eigenvalue weighted by atomic mass is 9.97. The number of benzene rings is 1. The van der Waals surface area contributed by atoms with Crippen LogP contribution in [0.3, 0.4) is 0 Å². The molecular formula is C17H23N3S. The van der Waals surface area contributed by atoms with Crippen LogP contribution in [-0.4, -0.2) is 30.4 Å². The van der Waals surface area contributed by atoms with Gasteiger partial charge in [0, 0.05) is 17.5 Å². The molecule has 0 aliphatic carbocycles. The van der Waals surface area contributed by atoms with Crippen LogP contribution in [0.5, 0.6) is 0 Å². The summed E-state index contributed by atoms with van der Waals surface area (Å²) >= 11 is 1.80. The summed E-state index contributed by atoms with van der Waals surface area (Å²) in [6.45, 7) is 2.99. The Balaban J connectivity index is 2.01. The molecule has 0 fully saturated rings. The van der Waals surface area contributed by atoms with Crippen LogP contribution in [0, 0.1) is 5.41 Å². The van der Waals surface area contributed by atoms with Gasteiger partial charge in [-0.15, -0.1) is 11.3 Å². The molecule has 1 aromatic carbocycles. The molecule has 3 N–H and O–H groups in total. The molecule has 0 bridgehead atoms. The second kappa shape index (κ2) is 7.38. The number of likely N-dealkylation sites (N-methyl/N-ethyl adjacent to an activating group) is 1. The van der Waals surface area contributed by atoms with Crippen LogP contribution in [0.25, 0.3) is 0 Å². The van der Waals surface area contributed by atoms with E-state index in [4.69, 9.17) is 11.1 Å². The van der Waals surface area contributed by atoms with E-state index in [9.17, 15) is 0 Å². The van der Waals surface area contributed by atoms with E-state index in [-0.39, 0.29) is 11.8 Å². The normalized spacial score (nSPS) is 14.0. The number of hydrogen-bond donors (Lipinski definition) is 2. The molecule has 2 atom stereocenters. The van der Waals surface area contributed by atoms with E-state index < -0.39 is 0 Å². The average Bonchev–Trinajstić information content (AvgIpc) is 2.98. The second-order valence-corrected chi connectivity index (χ2v) is 6.52. The fraction of sp³-hybridized carbons (Fsp3) is 0.353. The first kappa shape index (κ1) is 15.7. The molecule has 0 aliphatic rings. The van der Waals surface area contributed by atoms with E-state index in [1.54, 1.807) is 11.3 Å². The highest BCUT2D eigenvalue weighted by atomic mass is 32.1. The molecule has 1 heterocycles. The minimum absolute atomic E-state index is 0.0398. The lowest BCUT2D eigenvalue weighted by molar-refractivity contribution is 0.254. The molecule has 0 saturated heterocycles. The maximum Gasteiger partial charge on any atom is 0.0995 e. The van der Waals surface area contributed by atoms with Crippen molar-refractivity contribution in [3.63, 3.8) is 0 Å². The molecule has 2 unspecified atom stereocenters. The predicted octanol–water partition coefficient (Wildman–Crippen LogP) is 3.33. The Kier molecular flexibility index (Phi) is 5.53. The largest absolute Gasteiger partial charge is 0.387 e. The van der Waals surface area contributed by atoms with Crippen molar-refractivity contribution in [1.29, 1.82) is 5.41 Å². The summed E-state index contributed by atoms with van der Waals surface area (Å²) in [6, 6.07) is 14.8. The lowest BCUT2D eigenvalue weighted by Gasteiger charge is -2.28. The van der Waals surface area contributed by atoms with Gasteiger partial charge < -0.3 is 10.6 Å². The third kappa shape index (κ3) is 4.41. The van der Waals surface area contributed by atoms with Gasteiger partial charge in [-0.25, -0.2) is 0 Å². The molecule has 1 aromatic heterocycles. The number of nitrogens with zero attached hydrogens (tertiary/aromatic N) is 1. The number of rotatable bonds is 7. The van der Waals surface area contributed by atoms with Gasteiger partial charge in [-0.05, 0) is 37.4 Å². The van der Waals surface area contributed by atoms with Crippen molar-refractivity contribution in [1.82, 2.24) is 4.90 Å². The van der Waals surface area contributed by atoms with Crippen LogP contribution in [-0.2, 0) is 6.42 Å². The first-order valence-corrected chi connectivity index (χ1v) is 8.07. The Bertz CT molecular complexity index is 551. The Morgan fingerprint density at radius 1 is 1.24 bits per heavy atom. The Hall–Kier alpha value is -1.65. The van der Waals surface area contributed by atoms with Gasteiger partial charge in [0.2, 0.25) is 0 Å². The first-order chi connectivity index (χ1) is 10.1. The van der Waals surface area contributed by atoms with Crippen molar-refractivity contribution in [2.45, 2.75) is 25.3 Å². The van der Waals surface area contributed by atoms with Gasteiger partial charge in [0.05, 0.1) is 11.8 Å². The van der Waals surface area contributed by atoms with Crippen LogP contribution in [0.15, 0.2) is 47.8 Å². The maximum absolute atomic E-state index is 7.87. The second-order valence-electron chi connectivity index (χ2n) is 5.49. The third-order valence-electron chi connectivity index (χ3n) is 3.88. The standard InChI is InChI=1S/C17H23N3S/c1-13(11-15-9-6-10-21-15)20(2)12-16(17(18)19)14-7-4-3-5-8-14/h3-10,13,16H,11-12H2,1-2H3,(H3,18,19). The number of amidine groups is 1. The zero-order valence-corrected chi connectivity index (χ0v) is 13.4. The van der Waals surface area contributed by atoms with Gasteiger partial charge in [-0.2, -0.15) is 0 Å². The molecule has 0 radical (unpaired) electrons. The van der Waals surface area contributed by atoms with Crippen molar-refractivity contribution < 1.29 is 0 Å². The molecular weight excluding hydrogens is 278 g/mol. The van der Waals surface area contributed by atoms with Crippen molar-refractivity contribution in [3.05, 3.63) is 58.3 Å². The molecule has 21 heavy (non-hydrogen) atoms. The SMILES string of the molecule is CC(Cc1cccs1)N(C)CC(C(=N)N)c1ccccc1. The number of nitrogens with one attached hydrogen (secondary N) is 1. The van der Waals surface area contributed by atoms with E-state index in [0.29, 0.717) is 6.04 Å². The minimum Gasteiger partial charge on any atom is -0.387 e. The molecule has 2 rings (SSSR count). The van der Waals surface area contributed by atoms with Gasteiger partial charge in [-0.1, -0.05) is 36.4 Å². The van der Waals surface area contributed by atoms with Crippen LogP contribution >= 0.6 is 11.3 Å². The van der Waals surface area contributed by atoms with E-state index in [1.807, 2.05) is 30.3 Å². The van der Waals surface area contributed by atoms with Gasteiger partial charge in [0.15, 0.2) is 0 Å². The summed E-state index contributed by atoms with van der Waals surface area (Å²) in [7, 11) is 2.11. The molecule has 0 aliphatic heterocycles. The van der Waals surface area contributed by atoms with Gasteiger partial charge in [-0.3, -0.25) is 5.41 Å². The molecule has 2 aromatic rings. The lowest BCUT2D eigenvalue weighted by Crippen LogP contribution is -2.38. The Morgan fingerprint density at radius 3 is 2.52 bits per heavy atom. The topological polar surface area (TPSA) is 53.1 Å². The highest BCUT2D eigenvalue weighted by Crippen LogP contribution is 2.19. The predicted molar refractivity (Wildman–Crippen MR) is 91.2 cm³/mol. The van der Waals surface area contributed by atoms with Gasteiger partial charge in [0.25, 0.3) is 0 Å². The van der Waals surface area contributed by atoms with Crippen molar-refractivity contribution in [2.24, 2.45) is 5.73 Å². The summed E-state index contributed by atoms with van der Waals surface area (Å²) in [5.41, 5.74) is 6.92. The molecule has 3 nitrogen and oxygen atoms in total.